The van der Waals surface area contributed by atoms with E-state index in [4.69, 9.17) is 27.4 Å². The third-order valence-electron chi connectivity index (χ3n) is 4.73. The molecule has 0 bridgehead atoms. The second-order valence-electron chi connectivity index (χ2n) is 7.07. The first-order chi connectivity index (χ1) is 14.6. The van der Waals surface area contributed by atoms with E-state index in [1.54, 1.807) is 0 Å². The van der Waals surface area contributed by atoms with Crippen molar-refractivity contribution in [1.29, 1.82) is 0 Å². The van der Waals surface area contributed by atoms with Crippen LogP contribution in [0.25, 0.3) is 0 Å². The van der Waals surface area contributed by atoms with Crippen LogP contribution in [-0.2, 0) is 19.2 Å². The number of carboxylic acid groups (broad SMARTS) is 1. The maximum Gasteiger partial charge on any atom is 0.328 e. The van der Waals surface area contributed by atoms with Crippen molar-refractivity contribution in [3.63, 3.8) is 0 Å². The predicted octanol–water partition coefficient (Wildman–Crippen LogP) is -3.67. The van der Waals surface area contributed by atoms with E-state index in [1.807, 2.05) is 0 Å². The molecule has 14 heteroatoms. The van der Waals surface area contributed by atoms with Crippen molar-refractivity contribution < 1.29 is 29.4 Å². The molecule has 10 N–H and O–H groups in total. The Morgan fingerprint density at radius 3 is 2.42 bits per heavy atom. The molecule has 1 fully saturated rings. The highest BCUT2D eigenvalue weighted by atomic mass is 32.1. The number of hydrogen-bond donors (Lipinski definition) is 8. The summed E-state index contributed by atoms with van der Waals surface area (Å²) >= 11 is 4.01. The molecule has 4 atom stereocenters. The number of aliphatic carboxylic acids is 1. The fourth-order valence-electron chi connectivity index (χ4n) is 3.09. The minimum Gasteiger partial charge on any atom is -0.480 e. The zero-order valence-electron chi connectivity index (χ0n) is 17.1. The second kappa shape index (κ2) is 13.0. The lowest BCUT2D eigenvalue weighted by Crippen LogP contribution is -2.57. The molecule has 31 heavy (non-hydrogen) atoms. The van der Waals surface area contributed by atoms with E-state index in [1.165, 1.54) is 4.90 Å². The number of nitrogens with zero attached hydrogens (tertiary/aromatic N) is 2. The summed E-state index contributed by atoms with van der Waals surface area (Å²) in [6.07, 6.45) is 1.40. The summed E-state index contributed by atoms with van der Waals surface area (Å²) in [5, 5.41) is 22.9. The number of aliphatic imine (C=N–C) groups is 1. The van der Waals surface area contributed by atoms with E-state index >= 15 is 0 Å². The van der Waals surface area contributed by atoms with Crippen molar-refractivity contribution in [3.8, 4) is 0 Å². The number of nitrogens with one attached hydrogen (secondary N) is 2. The molecule has 0 aliphatic carbocycles. The summed E-state index contributed by atoms with van der Waals surface area (Å²) in [6, 6.07) is -4.30. The van der Waals surface area contributed by atoms with Gasteiger partial charge in [0.25, 0.3) is 0 Å². The van der Waals surface area contributed by atoms with Gasteiger partial charge in [-0.25, -0.2) is 4.79 Å². The first kappa shape index (κ1) is 26.5. The number of hydrogen-bond acceptors (Lipinski definition) is 8. The first-order valence-electron chi connectivity index (χ1n) is 9.79. The van der Waals surface area contributed by atoms with E-state index < -0.39 is 54.5 Å². The average Bonchev–Trinajstić information content (AvgIpc) is 3.22. The Kier molecular flexibility index (Phi) is 11.1. The fraction of sp³-hybridized carbons (Fsp3) is 0.706. The number of carboxylic acids is 1. The van der Waals surface area contributed by atoms with Crippen molar-refractivity contribution >= 4 is 42.3 Å². The number of aliphatic hydroxyl groups excluding tert-OH is 1. The van der Waals surface area contributed by atoms with Gasteiger partial charge in [0.2, 0.25) is 17.7 Å². The highest BCUT2D eigenvalue weighted by molar-refractivity contribution is 7.80. The highest BCUT2D eigenvalue weighted by Crippen LogP contribution is 2.19. The molecule has 1 aliphatic rings. The number of likely N-dealkylation sites (tertiary alicyclic amines) is 1. The third kappa shape index (κ3) is 8.22. The van der Waals surface area contributed by atoms with Gasteiger partial charge < -0.3 is 42.9 Å². The van der Waals surface area contributed by atoms with Gasteiger partial charge in [-0.05, 0) is 25.7 Å². The second-order valence-corrected chi connectivity index (χ2v) is 7.44. The van der Waals surface area contributed by atoms with Crippen molar-refractivity contribution in [2.24, 2.45) is 22.2 Å². The Morgan fingerprint density at radius 1 is 1.19 bits per heavy atom. The van der Waals surface area contributed by atoms with Crippen LogP contribution < -0.4 is 27.8 Å². The number of nitrogens with two attached hydrogens (primary N) is 3. The molecular formula is C17H31N7O6S. The lowest BCUT2D eigenvalue weighted by Gasteiger charge is -2.28. The third-order valence-corrected chi connectivity index (χ3v) is 5.12. The molecule has 1 saturated heterocycles. The monoisotopic (exact) mass is 461 g/mol. The van der Waals surface area contributed by atoms with Crippen LogP contribution in [0.4, 0.5) is 0 Å². The summed E-state index contributed by atoms with van der Waals surface area (Å²) < 4.78 is 0. The molecule has 0 aromatic carbocycles. The molecule has 0 aromatic rings. The number of thiol groups is 1. The van der Waals surface area contributed by atoms with Gasteiger partial charge in [-0.1, -0.05) is 0 Å². The molecule has 0 saturated carbocycles. The summed E-state index contributed by atoms with van der Waals surface area (Å²) in [7, 11) is 0. The first-order valence-corrected chi connectivity index (χ1v) is 10.4. The van der Waals surface area contributed by atoms with Crippen LogP contribution in [0.5, 0.6) is 0 Å². The summed E-state index contributed by atoms with van der Waals surface area (Å²) in [6.45, 7) is -0.275. The van der Waals surface area contributed by atoms with Crippen molar-refractivity contribution in [1.82, 2.24) is 15.5 Å². The van der Waals surface area contributed by atoms with Crippen molar-refractivity contribution in [2.75, 3.05) is 25.4 Å². The minimum absolute atomic E-state index is 0.100. The maximum absolute atomic E-state index is 12.8. The standard InChI is InChI=1S/C17H31N7O6S/c18-9(8-31)15(28)24-6-2-4-12(24)14(27)22-10(3-1-5-21-17(19)20)13(26)23-11(7-25)16(29)30/h9-12,25,31H,1-8,18H2,(H,22,27)(H,23,26)(H,29,30)(H4,19,20,21). The number of guanidine groups is 1. The molecule has 1 rings (SSSR count). The van der Waals surface area contributed by atoms with Crippen LogP contribution in [0.15, 0.2) is 4.99 Å². The van der Waals surface area contributed by atoms with Crippen LogP contribution in [0.1, 0.15) is 25.7 Å². The van der Waals surface area contributed by atoms with Gasteiger partial charge in [0, 0.05) is 18.8 Å². The van der Waals surface area contributed by atoms with Crippen LogP contribution in [0.2, 0.25) is 0 Å². The van der Waals surface area contributed by atoms with Crippen LogP contribution >= 0.6 is 12.6 Å². The molecule has 0 radical (unpaired) electrons. The Labute approximate surface area is 185 Å². The van der Waals surface area contributed by atoms with Gasteiger partial charge in [-0.2, -0.15) is 12.6 Å². The molecule has 4 unspecified atom stereocenters. The Morgan fingerprint density at radius 2 is 1.87 bits per heavy atom. The Bertz CT molecular complexity index is 688. The van der Waals surface area contributed by atoms with Crippen LogP contribution in [0, 0.1) is 0 Å². The number of rotatable bonds is 12. The van der Waals surface area contributed by atoms with E-state index in [9.17, 15) is 19.2 Å². The van der Waals surface area contributed by atoms with Gasteiger partial charge in [0.05, 0.1) is 12.6 Å². The molecular weight excluding hydrogens is 430 g/mol. The minimum atomic E-state index is -1.53. The largest absolute Gasteiger partial charge is 0.480 e. The zero-order valence-corrected chi connectivity index (χ0v) is 18.0. The van der Waals surface area contributed by atoms with Gasteiger partial charge in [-0.3, -0.25) is 19.4 Å². The van der Waals surface area contributed by atoms with E-state index in [0.29, 0.717) is 25.8 Å². The van der Waals surface area contributed by atoms with Crippen LogP contribution in [-0.4, -0.2) is 94.4 Å². The van der Waals surface area contributed by atoms with E-state index in [0.717, 1.165) is 0 Å². The Hall–Kier alpha value is -2.58. The topological polar surface area (TPSA) is 226 Å². The molecule has 13 nitrogen and oxygen atoms in total. The molecule has 1 heterocycles. The smallest absolute Gasteiger partial charge is 0.328 e. The van der Waals surface area contributed by atoms with E-state index in [2.05, 4.69) is 28.3 Å². The van der Waals surface area contributed by atoms with Gasteiger partial charge in [0.1, 0.15) is 18.1 Å². The van der Waals surface area contributed by atoms with Gasteiger partial charge in [0.15, 0.2) is 5.96 Å². The lowest BCUT2D eigenvalue weighted by atomic mass is 10.1. The Balaban J connectivity index is 2.89. The molecule has 3 amide bonds. The average molecular weight is 462 g/mol. The fourth-order valence-corrected chi connectivity index (χ4v) is 3.25. The van der Waals surface area contributed by atoms with Crippen molar-refractivity contribution in [3.05, 3.63) is 0 Å². The quantitative estimate of drug-likeness (QED) is 0.0619. The van der Waals surface area contributed by atoms with Gasteiger partial charge >= 0.3 is 5.97 Å². The predicted molar refractivity (Wildman–Crippen MR) is 115 cm³/mol. The van der Waals surface area contributed by atoms with Gasteiger partial charge in [-0.15, -0.1) is 0 Å². The molecule has 176 valence electrons. The maximum atomic E-state index is 12.8. The summed E-state index contributed by atoms with van der Waals surface area (Å²) in [5.74, 6) is -3.19. The highest BCUT2D eigenvalue weighted by Gasteiger charge is 2.37. The summed E-state index contributed by atoms with van der Waals surface area (Å²) in [5.41, 5.74) is 16.3. The molecule has 1 aliphatic heterocycles. The normalized spacial score (nSPS) is 18.5. The number of carbonyl (C=O) groups excluding carboxylic acids is 3. The number of amides is 3. The van der Waals surface area contributed by atoms with Crippen LogP contribution in [0.3, 0.4) is 0 Å². The zero-order chi connectivity index (χ0) is 23.6. The summed E-state index contributed by atoms with van der Waals surface area (Å²) in [4.78, 5) is 54.1. The lowest BCUT2D eigenvalue weighted by molar-refractivity contribution is -0.144. The van der Waals surface area contributed by atoms with E-state index in [-0.39, 0.29) is 24.7 Å². The molecule has 0 aromatic heterocycles. The molecule has 0 spiro atoms. The van der Waals surface area contributed by atoms with Crippen molar-refractivity contribution in [2.45, 2.75) is 49.9 Å². The number of carbonyl (C=O) groups is 4. The SMILES string of the molecule is NC(N)=NCCCC(NC(=O)C1CCCN1C(=O)C(N)CS)C(=O)NC(CO)C(=O)O. The number of aliphatic hydroxyl groups is 1.